The maximum absolute atomic E-state index is 13.8. The first-order valence-corrected chi connectivity index (χ1v) is 10.0. The minimum absolute atomic E-state index is 0.00424. The molecule has 26 heavy (non-hydrogen) atoms. The highest BCUT2D eigenvalue weighted by Gasteiger charge is 2.22. The highest BCUT2D eigenvalue weighted by atomic mass is 79.9. The Morgan fingerprint density at radius 2 is 1.88 bits per heavy atom. The van der Waals surface area contributed by atoms with Crippen molar-refractivity contribution in [2.45, 2.75) is 24.8 Å². The quantitative estimate of drug-likeness (QED) is 0.685. The fraction of sp³-hybridized carbons (Fsp3) is 0.235. The zero-order valence-corrected chi connectivity index (χ0v) is 16.5. The molecular weight excluding hydrogens is 427 g/mol. The van der Waals surface area contributed by atoms with E-state index in [-0.39, 0.29) is 10.6 Å². The van der Waals surface area contributed by atoms with Gasteiger partial charge in [0.25, 0.3) is 0 Å². The predicted octanol–water partition coefficient (Wildman–Crippen LogP) is 3.29. The molecule has 0 bridgehead atoms. The highest BCUT2D eigenvalue weighted by Crippen LogP contribution is 2.20. The van der Waals surface area contributed by atoms with Gasteiger partial charge in [0.1, 0.15) is 11.6 Å². The number of ether oxygens (including phenoxy) is 1. The van der Waals surface area contributed by atoms with Crippen molar-refractivity contribution in [2.75, 3.05) is 11.9 Å². The summed E-state index contributed by atoms with van der Waals surface area (Å²) in [5.74, 6) is -0.766. The first kappa shape index (κ1) is 20.3. The van der Waals surface area contributed by atoms with Crippen LogP contribution in [-0.4, -0.2) is 27.0 Å². The van der Waals surface area contributed by atoms with Crippen molar-refractivity contribution in [1.29, 1.82) is 0 Å². The number of hydrogen-bond donors (Lipinski definition) is 2. The van der Waals surface area contributed by atoms with Crippen LogP contribution in [0.1, 0.15) is 13.8 Å². The molecule has 0 unspecified atom stereocenters. The van der Waals surface area contributed by atoms with Crippen LogP contribution < -0.4 is 14.8 Å². The molecule has 0 aromatic heterocycles. The Morgan fingerprint density at radius 3 is 2.46 bits per heavy atom. The number of nitrogens with one attached hydrogen (secondary N) is 2. The first-order valence-electron chi connectivity index (χ1n) is 7.74. The van der Waals surface area contributed by atoms with E-state index in [1.54, 1.807) is 6.07 Å². The normalized spacial score (nSPS) is 12.5. The second kappa shape index (κ2) is 8.61. The van der Waals surface area contributed by atoms with Crippen molar-refractivity contribution in [2.24, 2.45) is 0 Å². The number of rotatable bonds is 7. The smallest absolute Gasteiger partial charge is 0.242 e. The van der Waals surface area contributed by atoms with Crippen LogP contribution in [0.4, 0.5) is 10.1 Å². The molecule has 0 saturated heterocycles. The summed E-state index contributed by atoms with van der Waals surface area (Å²) >= 11 is 3.12. The maximum Gasteiger partial charge on any atom is 0.242 e. The van der Waals surface area contributed by atoms with E-state index in [1.807, 2.05) is 6.92 Å². The standard InChI is InChI=1S/C17H18BrFN2O4S/c1-3-25-13-5-7-14(8-6-13)26(23,24)21-11(2)17(22)20-16-9-4-12(18)10-15(16)19/h4-11,21H,3H2,1-2H3,(H,20,22)/t11-/m1/s1. The fourth-order valence-corrected chi connectivity index (χ4v) is 3.60. The molecule has 0 fully saturated rings. The highest BCUT2D eigenvalue weighted by molar-refractivity contribution is 9.10. The molecule has 0 aliphatic carbocycles. The Morgan fingerprint density at radius 1 is 1.23 bits per heavy atom. The van der Waals surface area contributed by atoms with E-state index >= 15 is 0 Å². The molecule has 140 valence electrons. The number of halogens is 2. The monoisotopic (exact) mass is 444 g/mol. The summed E-state index contributed by atoms with van der Waals surface area (Å²) in [6.07, 6.45) is 0. The molecule has 0 spiro atoms. The zero-order valence-electron chi connectivity index (χ0n) is 14.1. The lowest BCUT2D eigenvalue weighted by molar-refractivity contribution is -0.117. The van der Waals surface area contributed by atoms with Gasteiger partial charge in [-0.05, 0) is 56.3 Å². The topological polar surface area (TPSA) is 84.5 Å². The Labute approximate surface area is 159 Å². The largest absolute Gasteiger partial charge is 0.494 e. The van der Waals surface area contributed by atoms with Crippen molar-refractivity contribution in [1.82, 2.24) is 4.72 Å². The van der Waals surface area contributed by atoms with Crippen molar-refractivity contribution < 1.29 is 22.3 Å². The molecule has 0 radical (unpaired) electrons. The third-order valence-electron chi connectivity index (χ3n) is 3.36. The number of benzene rings is 2. The molecule has 0 aliphatic heterocycles. The van der Waals surface area contributed by atoms with Crippen LogP contribution in [0.2, 0.25) is 0 Å². The Hall–Kier alpha value is -1.97. The number of carbonyl (C=O) groups excluding carboxylic acids is 1. The van der Waals surface area contributed by atoms with Crippen molar-refractivity contribution in [3.05, 3.63) is 52.8 Å². The van der Waals surface area contributed by atoms with E-state index < -0.39 is 27.8 Å². The minimum atomic E-state index is -3.91. The number of amides is 1. The fourth-order valence-electron chi connectivity index (χ4n) is 2.07. The molecule has 0 heterocycles. The number of anilines is 1. The lowest BCUT2D eigenvalue weighted by Crippen LogP contribution is -2.41. The van der Waals surface area contributed by atoms with Gasteiger partial charge in [0.2, 0.25) is 15.9 Å². The van der Waals surface area contributed by atoms with Gasteiger partial charge in [-0.2, -0.15) is 4.72 Å². The lowest BCUT2D eigenvalue weighted by atomic mass is 10.2. The van der Waals surface area contributed by atoms with Gasteiger partial charge in [-0.1, -0.05) is 15.9 Å². The third kappa shape index (κ3) is 5.26. The SMILES string of the molecule is CCOc1ccc(S(=O)(=O)N[C@H](C)C(=O)Nc2ccc(Br)cc2F)cc1. The van der Waals surface area contributed by atoms with E-state index in [0.717, 1.165) is 0 Å². The third-order valence-corrected chi connectivity index (χ3v) is 5.41. The Kier molecular flexibility index (Phi) is 6.74. The molecule has 9 heteroatoms. The van der Waals surface area contributed by atoms with E-state index in [4.69, 9.17) is 4.74 Å². The van der Waals surface area contributed by atoms with Crippen LogP contribution >= 0.6 is 15.9 Å². The molecule has 2 aromatic rings. The summed E-state index contributed by atoms with van der Waals surface area (Å²) in [7, 11) is -3.91. The van der Waals surface area contributed by atoms with Crippen molar-refractivity contribution >= 4 is 37.5 Å². The Bertz CT molecular complexity index is 888. The number of carbonyl (C=O) groups is 1. The molecule has 1 atom stereocenters. The second-order valence-electron chi connectivity index (χ2n) is 5.36. The van der Waals surface area contributed by atoms with Crippen LogP contribution in [-0.2, 0) is 14.8 Å². The number of hydrogen-bond acceptors (Lipinski definition) is 4. The maximum atomic E-state index is 13.8. The lowest BCUT2D eigenvalue weighted by Gasteiger charge is -2.15. The average Bonchev–Trinajstić information content (AvgIpc) is 2.57. The van der Waals surface area contributed by atoms with E-state index in [1.165, 1.54) is 43.3 Å². The van der Waals surface area contributed by atoms with Crippen LogP contribution in [0.5, 0.6) is 5.75 Å². The molecule has 2 N–H and O–H groups in total. The van der Waals surface area contributed by atoms with Gasteiger partial charge in [0, 0.05) is 4.47 Å². The van der Waals surface area contributed by atoms with Gasteiger partial charge in [-0.15, -0.1) is 0 Å². The summed E-state index contributed by atoms with van der Waals surface area (Å²) < 4.78 is 46.6. The molecule has 1 amide bonds. The van der Waals surface area contributed by atoms with Gasteiger partial charge in [-0.25, -0.2) is 12.8 Å². The van der Waals surface area contributed by atoms with Gasteiger partial charge in [0.05, 0.1) is 23.2 Å². The summed E-state index contributed by atoms with van der Waals surface area (Å²) in [5.41, 5.74) is -0.0367. The van der Waals surface area contributed by atoms with E-state index in [9.17, 15) is 17.6 Å². The van der Waals surface area contributed by atoms with Crippen LogP contribution in [0.25, 0.3) is 0 Å². The summed E-state index contributed by atoms with van der Waals surface area (Å²) in [6, 6.07) is 8.86. The van der Waals surface area contributed by atoms with Gasteiger partial charge in [0.15, 0.2) is 0 Å². The van der Waals surface area contributed by atoms with E-state index in [2.05, 4.69) is 26.0 Å². The van der Waals surface area contributed by atoms with Crippen molar-refractivity contribution in [3.63, 3.8) is 0 Å². The van der Waals surface area contributed by atoms with Gasteiger partial charge < -0.3 is 10.1 Å². The molecular formula is C17H18BrFN2O4S. The van der Waals surface area contributed by atoms with Gasteiger partial charge >= 0.3 is 0 Å². The second-order valence-corrected chi connectivity index (χ2v) is 7.99. The van der Waals surface area contributed by atoms with E-state index in [0.29, 0.717) is 16.8 Å². The summed E-state index contributed by atoms with van der Waals surface area (Å²) in [4.78, 5) is 12.2. The predicted molar refractivity (Wildman–Crippen MR) is 100 cm³/mol. The van der Waals surface area contributed by atoms with Crippen LogP contribution in [0, 0.1) is 5.82 Å². The molecule has 2 aromatic carbocycles. The van der Waals surface area contributed by atoms with Crippen LogP contribution in [0.3, 0.4) is 0 Å². The Balaban J connectivity index is 2.06. The van der Waals surface area contributed by atoms with Crippen molar-refractivity contribution in [3.8, 4) is 5.75 Å². The first-order chi connectivity index (χ1) is 12.2. The summed E-state index contributed by atoms with van der Waals surface area (Å²) in [5, 5.41) is 2.36. The minimum Gasteiger partial charge on any atom is -0.494 e. The average molecular weight is 445 g/mol. The molecule has 0 saturated carbocycles. The number of sulfonamides is 1. The van der Waals surface area contributed by atoms with Gasteiger partial charge in [-0.3, -0.25) is 4.79 Å². The molecule has 2 rings (SSSR count). The van der Waals surface area contributed by atoms with Crippen LogP contribution in [0.15, 0.2) is 51.8 Å². The summed E-state index contributed by atoms with van der Waals surface area (Å²) in [6.45, 7) is 3.66. The molecule has 0 aliphatic rings. The zero-order chi connectivity index (χ0) is 19.3. The molecule has 6 nitrogen and oxygen atoms in total.